The molecule has 21 heavy (non-hydrogen) atoms. The minimum atomic E-state index is 0.132. The van der Waals surface area contributed by atoms with Crippen molar-refractivity contribution in [2.24, 2.45) is 0 Å². The maximum absolute atomic E-state index is 6.24. The lowest BCUT2D eigenvalue weighted by Gasteiger charge is -2.24. The van der Waals surface area contributed by atoms with Crippen LogP contribution in [0, 0.1) is 0 Å². The Morgan fingerprint density at radius 2 is 1.95 bits per heavy atom. The molecule has 1 atom stereocenters. The number of alkyl halides is 1. The molecule has 2 aliphatic rings. The third-order valence-corrected chi connectivity index (χ3v) is 5.28. The van der Waals surface area contributed by atoms with Gasteiger partial charge in [-0.15, -0.1) is 11.6 Å². The van der Waals surface area contributed by atoms with E-state index in [1.807, 2.05) is 0 Å². The Morgan fingerprint density at radius 3 is 2.67 bits per heavy atom. The van der Waals surface area contributed by atoms with Crippen molar-refractivity contribution in [3.05, 3.63) is 27.7 Å². The summed E-state index contributed by atoms with van der Waals surface area (Å²) in [6.45, 7) is 0.521. The van der Waals surface area contributed by atoms with E-state index in [1.165, 1.54) is 25.7 Å². The van der Waals surface area contributed by atoms with Gasteiger partial charge in [0, 0.05) is 10.6 Å². The van der Waals surface area contributed by atoms with E-state index in [9.17, 15) is 0 Å². The average Bonchev–Trinajstić information content (AvgIpc) is 3.08. The van der Waals surface area contributed by atoms with Crippen LogP contribution >= 0.6 is 34.8 Å². The molecule has 1 aromatic carbocycles. The summed E-state index contributed by atoms with van der Waals surface area (Å²) in [5, 5.41) is 1.08. The Labute approximate surface area is 140 Å². The van der Waals surface area contributed by atoms with E-state index in [1.54, 1.807) is 12.1 Å². The smallest absolute Gasteiger partial charge is 0.142 e. The number of rotatable bonds is 4. The van der Waals surface area contributed by atoms with Gasteiger partial charge in [0.15, 0.2) is 0 Å². The standard InChI is InChI=1S/C16H19Cl3O2/c17-9-11-7-12(18)8-14(19)15(11)20-10-13-3-6-16(21-13)4-1-2-5-16/h7-8,13H,1-6,9-10H2. The van der Waals surface area contributed by atoms with Crippen molar-refractivity contribution in [2.75, 3.05) is 6.61 Å². The summed E-state index contributed by atoms with van der Waals surface area (Å²) < 4.78 is 12.1. The zero-order valence-electron chi connectivity index (χ0n) is 11.8. The molecule has 1 saturated carbocycles. The first-order valence-corrected chi connectivity index (χ1v) is 8.75. The van der Waals surface area contributed by atoms with Gasteiger partial charge in [-0.2, -0.15) is 0 Å². The zero-order valence-corrected chi connectivity index (χ0v) is 14.1. The molecule has 1 spiro atoms. The molecule has 2 nitrogen and oxygen atoms in total. The molecule has 3 rings (SSSR count). The van der Waals surface area contributed by atoms with E-state index < -0.39 is 0 Å². The van der Waals surface area contributed by atoms with Crippen LogP contribution < -0.4 is 4.74 Å². The highest BCUT2D eigenvalue weighted by Crippen LogP contribution is 2.43. The van der Waals surface area contributed by atoms with Gasteiger partial charge in [-0.3, -0.25) is 0 Å². The number of hydrogen-bond acceptors (Lipinski definition) is 2. The van der Waals surface area contributed by atoms with Crippen molar-refractivity contribution < 1.29 is 9.47 Å². The van der Waals surface area contributed by atoms with Gasteiger partial charge in [-0.25, -0.2) is 0 Å². The van der Waals surface area contributed by atoms with Gasteiger partial charge in [0.1, 0.15) is 12.4 Å². The van der Waals surface area contributed by atoms with Gasteiger partial charge in [0.25, 0.3) is 0 Å². The van der Waals surface area contributed by atoms with Gasteiger partial charge < -0.3 is 9.47 Å². The van der Waals surface area contributed by atoms with Crippen molar-refractivity contribution in [1.29, 1.82) is 0 Å². The molecule has 0 N–H and O–H groups in total. The summed E-state index contributed by atoms with van der Waals surface area (Å²) in [6, 6.07) is 3.48. The lowest BCUT2D eigenvalue weighted by molar-refractivity contribution is -0.0509. The molecule has 2 fully saturated rings. The lowest BCUT2D eigenvalue weighted by Crippen LogP contribution is -2.27. The number of halogens is 3. The Morgan fingerprint density at radius 1 is 1.19 bits per heavy atom. The monoisotopic (exact) mass is 348 g/mol. The highest BCUT2D eigenvalue weighted by Gasteiger charge is 2.42. The molecule has 5 heteroatoms. The van der Waals surface area contributed by atoms with E-state index >= 15 is 0 Å². The molecule has 0 radical (unpaired) electrons. The molecule has 116 valence electrons. The first kappa shape index (κ1) is 15.7. The maximum atomic E-state index is 6.24. The number of hydrogen-bond donors (Lipinski definition) is 0. The van der Waals surface area contributed by atoms with Crippen LogP contribution in [0.25, 0.3) is 0 Å². The van der Waals surface area contributed by atoms with Crippen molar-refractivity contribution in [1.82, 2.24) is 0 Å². The number of ether oxygens (including phenoxy) is 2. The first-order chi connectivity index (χ1) is 10.1. The Bertz CT molecular complexity index is 512. The Balaban J connectivity index is 1.63. The summed E-state index contributed by atoms with van der Waals surface area (Å²) in [7, 11) is 0. The molecule has 1 aliphatic heterocycles. The third kappa shape index (κ3) is 3.44. The zero-order chi connectivity index (χ0) is 14.9. The van der Waals surface area contributed by atoms with Gasteiger partial charge in [0.2, 0.25) is 0 Å². The van der Waals surface area contributed by atoms with E-state index in [4.69, 9.17) is 44.3 Å². The molecule has 0 aromatic heterocycles. The molecule has 1 aromatic rings. The largest absolute Gasteiger partial charge is 0.489 e. The van der Waals surface area contributed by atoms with Crippen LogP contribution in [-0.2, 0) is 10.6 Å². The van der Waals surface area contributed by atoms with E-state index in [0.717, 1.165) is 18.4 Å². The fourth-order valence-electron chi connectivity index (χ4n) is 3.45. The maximum Gasteiger partial charge on any atom is 0.142 e. The molecule has 1 aliphatic carbocycles. The molecule has 1 saturated heterocycles. The second-order valence-corrected chi connectivity index (χ2v) is 7.10. The van der Waals surface area contributed by atoms with Crippen LogP contribution in [0.3, 0.4) is 0 Å². The van der Waals surface area contributed by atoms with E-state index in [2.05, 4.69) is 0 Å². The summed E-state index contributed by atoms with van der Waals surface area (Å²) in [6.07, 6.45) is 7.31. The summed E-state index contributed by atoms with van der Waals surface area (Å²) >= 11 is 18.1. The van der Waals surface area contributed by atoms with Gasteiger partial charge in [0.05, 0.1) is 22.6 Å². The van der Waals surface area contributed by atoms with Crippen molar-refractivity contribution in [2.45, 2.75) is 56.1 Å². The highest BCUT2D eigenvalue weighted by atomic mass is 35.5. The van der Waals surface area contributed by atoms with E-state index in [0.29, 0.717) is 28.3 Å². The molecule has 1 heterocycles. The minimum absolute atomic E-state index is 0.132. The molecular weight excluding hydrogens is 331 g/mol. The normalized spacial score (nSPS) is 23.9. The third-order valence-electron chi connectivity index (χ3n) is 4.50. The fraction of sp³-hybridized carbons (Fsp3) is 0.625. The van der Waals surface area contributed by atoms with Gasteiger partial charge in [-0.1, -0.05) is 36.0 Å². The van der Waals surface area contributed by atoms with Crippen LogP contribution in [0.15, 0.2) is 12.1 Å². The second-order valence-electron chi connectivity index (χ2n) is 5.99. The lowest BCUT2D eigenvalue weighted by atomic mass is 9.98. The molecular formula is C16H19Cl3O2. The van der Waals surface area contributed by atoms with Crippen molar-refractivity contribution >= 4 is 34.8 Å². The highest BCUT2D eigenvalue weighted by molar-refractivity contribution is 6.36. The van der Waals surface area contributed by atoms with E-state index in [-0.39, 0.29) is 11.7 Å². The van der Waals surface area contributed by atoms with Crippen molar-refractivity contribution in [3.8, 4) is 5.75 Å². The Kier molecular flexibility index (Phi) is 4.90. The Hall–Kier alpha value is -0.150. The van der Waals surface area contributed by atoms with Gasteiger partial charge in [-0.05, 0) is 37.8 Å². The van der Waals surface area contributed by atoms with Crippen LogP contribution in [0.4, 0.5) is 0 Å². The molecule has 0 amide bonds. The van der Waals surface area contributed by atoms with Gasteiger partial charge >= 0.3 is 0 Å². The van der Waals surface area contributed by atoms with Crippen LogP contribution in [-0.4, -0.2) is 18.3 Å². The SMILES string of the molecule is ClCc1cc(Cl)cc(Cl)c1OCC1CCC2(CCCC2)O1. The quantitative estimate of drug-likeness (QED) is 0.658. The van der Waals surface area contributed by atoms with Crippen LogP contribution in [0.1, 0.15) is 44.1 Å². The fourth-order valence-corrected chi connectivity index (χ4v) is 4.24. The number of benzene rings is 1. The molecule has 1 unspecified atom stereocenters. The van der Waals surface area contributed by atoms with Crippen molar-refractivity contribution in [3.63, 3.8) is 0 Å². The summed E-state index contributed by atoms with van der Waals surface area (Å²) in [4.78, 5) is 0. The average molecular weight is 350 g/mol. The predicted octanol–water partition coefficient (Wildman–Crippen LogP) is 5.60. The predicted molar refractivity (Wildman–Crippen MR) is 86.8 cm³/mol. The topological polar surface area (TPSA) is 18.5 Å². The summed E-state index contributed by atoms with van der Waals surface area (Å²) in [5.41, 5.74) is 0.954. The summed E-state index contributed by atoms with van der Waals surface area (Å²) in [5.74, 6) is 0.956. The second kappa shape index (κ2) is 6.54. The van der Waals surface area contributed by atoms with Crippen LogP contribution in [0.5, 0.6) is 5.75 Å². The molecule has 0 bridgehead atoms. The first-order valence-electron chi connectivity index (χ1n) is 7.46. The minimum Gasteiger partial charge on any atom is -0.489 e. The van der Waals surface area contributed by atoms with Crippen LogP contribution in [0.2, 0.25) is 10.0 Å².